The van der Waals surface area contributed by atoms with E-state index in [1.54, 1.807) is 6.08 Å². The molecule has 2 heterocycles. The molecule has 2 rings (SSSR count). The number of anilines is 1. The Morgan fingerprint density at radius 2 is 2.20 bits per heavy atom. The lowest BCUT2D eigenvalue weighted by molar-refractivity contribution is 0.545. The molecule has 0 aliphatic heterocycles. The van der Waals surface area contributed by atoms with Crippen LogP contribution < -0.4 is 5.73 Å². The average Bonchev–Trinajstić information content (AvgIpc) is 2.58. The van der Waals surface area contributed by atoms with Crippen LogP contribution >= 0.6 is 0 Å². The molecule has 0 amide bonds. The number of aromatic nitrogens is 4. The van der Waals surface area contributed by atoms with Gasteiger partial charge in [-0.1, -0.05) is 6.58 Å². The summed E-state index contributed by atoms with van der Waals surface area (Å²) in [6.45, 7) is 7.79. The Morgan fingerprint density at radius 3 is 2.80 bits per heavy atom. The van der Waals surface area contributed by atoms with Crippen LogP contribution in [0.1, 0.15) is 25.6 Å². The van der Waals surface area contributed by atoms with Gasteiger partial charge in [0.15, 0.2) is 5.65 Å². The van der Waals surface area contributed by atoms with Gasteiger partial charge in [0, 0.05) is 6.04 Å². The molecular weight excluding hydrogens is 190 g/mol. The van der Waals surface area contributed by atoms with Crippen molar-refractivity contribution in [2.75, 3.05) is 5.73 Å². The van der Waals surface area contributed by atoms with Gasteiger partial charge in [-0.05, 0) is 19.9 Å². The molecule has 15 heavy (non-hydrogen) atoms. The van der Waals surface area contributed by atoms with Gasteiger partial charge in [-0.3, -0.25) is 0 Å². The molecule has 2 aromatic rings. The fourth-order valence-corrected chi connectivity index (χ4v) is 1.53. The van der Waals surface area contributed by atoms with Gasteiger partial charge in [-0.25, -0.2) is 14.6 Å². The van der Waals surface area contributed by atoms with E-state index in [-0.39, 0.29) is 6.04 Å². The van der Waals surface area contributed by atoms with Gasteiger partial charge >= 0.3 is 0 Å². The lowest BCUT2D eigenvalue weighted by atomic mass is 10.3. The van der Waals surface area contributed by atoms with E-state index in [0.717, 1.165) is 16.7 Å². The smallest absolute Gasteiger partial charge is 0.164 e. The number of fused-ring (bicyclic) bond motifs is 1. The normalized spacial score (nSPS) is 11.1. The predicted octanol–water partition coefficient (Wildman–Crippen LogP) is 1.63. The molecule has 0 atom stereocenters. The first-order valence-electron chi connectivity index (χ1n) is 4.76. The second kappa shape index (κ2) is 3.34. The quantitative estimate of drug-likeness (QED) is 0.805. The van der Waals surface area contributed by atoms with Crippen LogP contribution in [-0.2, 0) is 0 Å². The van der Waals surface area contributed by atoms with Crippen molar-refractivity contribution in [3.8, 4) is 0 Å². The Bertz CT molecular complexity index is 512. The van der Waals surface area contributed by atoms with Crippen LogP contribution in [0, 0.1) is 0 Å². The average molecular weight is 203 g/mol. The highest BCUT2D eigenvalue weighted by molar-refractivity contribution is 5.92. The van der Waals surface area contributed by atoms with Crippen LogP contribution in [-0.4, -0.2) is 19.7 Å². The number of hydrogen-bond donors (Lipinski definition) is 1. The van der Waals surface area contributed by atoms with E-state index in [2.05, 4.69) is 21.6 Å². The SMILES string of the molecule is C=Cc1nn(C(C)C)c2ncnc(N)c12. The van der Waals surface area contributed by atoms with Crippen LogP contribution in [0.25, 0.3) is 17.1 Å². The zero-order valence-electron chi connectivity index (χ0n) is 8.81. The molecule has 5 heteroatoms. The van der Waals surface area contributed by atoms with Crippen LogP contribution in [0.15, 0.2) is 12.9 Å². The Kier molecular flexibility index (Phi) is 2.15. The molecular formula is C10H13N5. The highest BCUT2D eigenvalue weighted by Gasteiger charge is 2.14. The Labute approximate surface area is 87.6 Å². The highest BCUT2D eigenvalue weighted by atomic mass is 15.3. The number of hydrogen-bond acceptors (Lipinski definition) is 4. The zero-order valence-corrected chi connectivity index (χ0v) is 8.81. The van der Waals surface area contributed by atoms with Crippen molar-refractivity contribution in [3.63, 3.8) is 0 Å². The predicted molar refractivity (Wildman–Crippen MR) is 60.2 cm³/mol. The van der Waals surface area contributed by atoms with Crippen molar-refractivity contribution in [1.29, 1.82) is 0 Å². The second-order valence-electron chi connectivity index (χ2n) is 3.59. The van der Waals surface area contributed by atoms with Gasteiger partial charge < -0.3 is 5.73 Å². The van der Waals surface area contributed by atoms with Gasteiger partial charge in [0.1, 0.15) is 12.1 Å². The van der Waals surface area contributed by atoms with E-state index >= 15 is 0 Å². The first kappa shape index (κ1) is 9.64. The third-order valence-corrected chi connectivity index (χ3v) is 2.23. The zero-order chi connectivity index (χ0) is 11.0. The van der Waals surface area contributed by atoms with Gasteiger partial charge in [-0.2, -0.15) is 5.10 Å². The third-order valence-electron chi connectivity index (χ3n) is 2.23. The van der Waals surface area contributed by atoms with Crippen LogP contribution in [0.5, 0.6) is 0 Å². The topological polar surface area (TPSA) is 69.6 Å². The van der Waals surface area contributed by atoms with Gasteiger partial charge in [0.25, 0.3) is 0 Å². The Morgan fingerprint density at radius 1 is 1.47 bits per heavy atom. The summed E-state index contributed by atoms with van der Waals surface area (Å²) in [7, 11) is 0. The molecule has 0 aliphatic carbocycles. The van der Waals surface area contributed by atoms with E-state index in [0.29, 0.717) is 5.82 Å². The molecule has 0 radical (unpaired) electrons. The van der Waals surface area contributed by atoms with Crippen LogP contribution in [0.2, 0.25) is 0 Å². The lowest BCUT2D eigenvalue weighted by Crippen LogP contribution is -2.04. The van der Waals surface area contributed by atoms with E-state index in [4.69, 9.17) is 5.73 Å². The van der Waals surface area contributed by atoms with E-state index < -0.39 is 0 Å². The summed E-state index contributed by atoms with van der Waals surface area (Å²) in [6, 6.07) is 0.232. The fraction of sp³-hybridized carbons (Fsp3) is 0.300. The molecule has 0 aromatic carbocycles. The van der Waals surface area contributed by atoms with Gasteiger partial charge in [-0.15, -0.1) is 0 Å². The molecule has 78 valence electrons. The number of nitrogen functional groups attached to an aromatic ring is 1. The standard InChI is InChI=1S/C10H13N5/c1-4-7-8-9(11)12-5-13-10(8)15(14-7)6(2)3/h4-6H,1H2,2-3H3,(H2,11,12,13). The molecule has 0 spiro atoms. The summed E-state index contributed by atoms with van der Waals surface area (Å²) >= 11 is 0. The highest BCUT2D eigenvalue weighted by Crippen LogP contribution is 2.23. The maximum Gasteiger partial charge on any atom is 0.164 e. The summed E-state index contributed by atoms with van der Waals surface area (Å²) in [5.41, 5.74) is 7.28. The van der Waals surface area contributed by atoms with Gasteiger partial charge in [0.2, 0.25) is 0 Å². The van der Waals surface area contributed by atoms with Crippen molar-refractivity contribution in [2.45, 2.75) is 19.9 Å². The minimum atomic E-state index is 0.232. The Balaban J connectivity index is 2.87. The van der Waals surface area contributed by atoms with Crippen LogP contribution in [0.4, 0.5) is 5.82 Å². The van der Waals surface area contributed by atoms with E-state index in [1.807, 2.05) is 18.5 Å². The van der Waals surface area contributed by atoms with Crippen molar-refractivity contribution in [2.24, 2.45) is 0 Å². The largest absolute Gasteiger partial charge is 0.383 e. The molecule has 0 fully saturated rings. The van der Waals surface area contributed by atoms with Crippen molar-refractivity contribution in [3.05, 3.63) is 18.6 Å². The molecule has 2 aromatic heterocycles. The molecule has 2 N–H and O–H groups in total. The summed E-state index contributed by atoms with van der Waals surface area (Å²) in [4.78, 5) is 8.15. The first-order chi connectivity index (χ1) is 7.15. The summed E-state index contributed by atoms with van der Waals surface area (Å²) in [6.07, 6.45) is 3.12. The summed E-state index contributed by atoms with van der Waals surface area (Å²) in [5.74, 6) is 0.446. The maximum absolute atomic E-state index is 5.79. The molecule has 0 saturated heterocycles. The lowest BCUT2D eigenvalue weighted by Gasteiger charge is -2.05. The number of rotatable bonds is 2. The van der Waals surface area contributed by atoms with Crippen molar-refractivity contribution in [1.82, 2.24) is 19.7 Å². The van der Waals surface area contributed by atoms with E-state index in [9.17, 15) is 0 Å². The molecule has 0 aliphatic rings. The summed E-state index contributed by atoms with van der Waals surface area (Å²) < 4.78 is 1.82. The first-order valence-corrected chi connectivity index (χ1v) is 4.76. The molecule has 0 saturated carbocycles. The second-order valence-corrected chi connectivity index (χ2v) is 3.59. The minimum Gasteiger partial charge on any atom is -0.383 e. The molecule has 5 nitrogen and oxygen atoms in total. The number of nitrogens with two attached hydrogens (primary N) is 1. The van der Waals surface area contributed by atoms with Crippen molar-refractivity contribution < 1.29 is 0 Å². The number of nitrogens with zero attached hydrogens (tertiary/aromatic N) is 4. The fourth-order valence-electron chi connectivity index (χ4n) is 1.53. The monoisotopic (exact) mass is 203 g/mol. The molecule has 0 bridgehead atoms. The Hall–Kier alpha value is -1.91. The minimum absolute atomic E-state index is 0.232. The van der Waals surface area contributed by atoms with Crippen LogP contribution in [0.3, 0.4) is 0 Å². The summed E-state index contributed by atoms with van der Waals surface area (Å²) in [5, 5.41) is 5.16. The third kappa shape index (κ3) is 1.36. The van der Waals surface area contributed by atoms with Crippen molar-refractivity contribution >= 4 is 22.9 Å². The maximum atomic E-state index is 5.79. The van der Waals surface area contributed by atoms with E-state index in [1.165, 1.54) is 6.33 Å². The van der Waals surface area contributed by atoms with Gasteiger partial charge in [0.05, 0.1) is 11.1 Å². The molecule has 0 unspecified atom stereocenters.